The fraction of sp³-hybridized carbons (Fsp3) is 0.462. The first-order valence-corrected chi connectivity index (χ1v) is 9.36. The predicted molar refractivity (Wildman–Crippen MR) is 86.6 cm³/mol. The first kappa shape index (κ1) is 16.5. The zero-order valence-electron chi connectivity index (χ0n) is 11.6. The minimum absolute atomic E-state index is 0.388. The van der Waals surface area contributed by atoms with Crippen LogP contribution in [0.25, 0.3) is 11.0 Å². The van der Waals surface area contributed by atoms with E-state index in [9.17, 15) is 8.42 Å². The summed E-state index contributed by atoms with van der Waals surface area (Å²) in [6, 6.07) is 5.54. The van der Waals surface area contributed by atoms with Crippen LogP contribution in [0.15, 0.2) is 18.2 Å². The highest BCUT2D eigenvalue weighted by Gasteiger charge is 2.11. The van der Waals surface area contributed by atoms with Gasteiger partial charge in [0.15, 0.2) is 0 Å². The summed E-state index contributed by atoms with van der Waals surface area (Å²) in [6.45, 7) is 1.05. The van der Waals surface area contributed by atoms with Gasteiger partial charge in [-0.3, -0.25) is 0 Å². The lowest BCUT2D eigenvalue weighted by Gasteiger charge is -2.09. The number of fused-ring (bicyclic) bond motifs is 1. The van der Waals surface area contributed by atoms with Crippen LogP contribution in [0.3, 0.4) is 0 Å². The van der Waals surface area contributed by atoms with Crippen LogP contribution in [0, 0.1) is 0 Å². The fourth-order valence-corrected chi connectivity index (χ4v) is 3.02. The Labute approximate surface area is 134 Å². The Bertz CT molecular complexity index is 728. The Morgan fingerprint density at radius 3 is 2.81 bits per heavy atom. The molecule has 1 heterocycles. The van der Waals surface area contributed by atoms with Crippen LogP contribution in [0.5, 0.6) is 0 Å². The number of aryl methyl sites for hydroxylation is 2. The quantitative estimate of drug-likeness (QED) is 0.616. The Morgan fingerprint density at radius 2 is 2.14 bits per heavy atom. The number of nitrogens with zero attached hydrogens (tertiary/aromatic N) is 2. The maximum Gasteiger partial charge on any atom is 0.208 e. The third-order valence-corrected chi connectivity index (χ3v) is 4.18. The highest BCUT2D eigenvalue weighted by molar-refractivity contribution is 7.88. The lowest BCUT2D eigenvalue weighted by molar-refractivity contribution is 0.574. The Balaban J connectivity index is 2.19. The summed E-state index contributed by atoms with van der Waals surface area (Å²) >= 11 is 11.9. The number of sulfonamides is 1. The molecule has 2 rings (SSSR count). The molecule has 1 N–H and O–H groups in total. The van der Waals surface area contributed by atoms with Crippen molar-refractivity contribution in [3.05, 3.63) is 29.0 Å². The molecule has 0 aliphatic heterocycles. The second-order valence-corrected chi connectivity index (χ2v) is 7.42. The summed E-state index contributed by atoms with van der Waals surface area (Å²) in [5, 5.41) is 0.648. The molecule has 0 saturated heterocycles. The number of benzene rings is 1. The second kappa shape index (κ2) is 6.96. The average Bonchev–Trinajstić information content (AvgIpc) is 2.71. The van der Waals surface area contributed by atoms with Crippen molar-refractivity contribution >= 4 is 44.3 Å². The maximum absolute atomic E-state index is 11.1. The molecule has 0 bridgehead atoms. The van der Waals surface area contributed by atoms with Crippen molar-refractivity contribution in [1.82, 2.24) is 14.3 Å². The van der Waals surface area contributed by atoms with Gasteiger partial charge in [0.2, 0.25) is 10.0 Å². The molecule has 0 radical (unpaired) electrons. The van der Waals surface area contributed by atoms with E-state index in [-0.39, 0.29) is 0 Å². The van der Waals surface area contributed by atoms with Gasteiger partial charge in [-0.25, -0.2) is 18.1 Å². The monoisotopic (exact) mass is 349 g/mol. The standard InChI is InChI=1S/C13H17Cl2N3O2S/c1-21(19,20)16-7-2-8-18-12-9-10(15)3-4-11(12)17-13(18)5-6-14/h3-4,9,16H,2,5-8H2,1H3. The molecule has 0 unspecified atom stereocenters. The highest BCUT2D eigenvalue weighted by atomic mass is 35.5. The van der Waals surface area contributed by atoms with Crippen molar-refractivity contribution in [2.24, 2.45) is 0 Å². The smallest absolute Gasteiger partial charge is 0.208 e. The van der Waals surface area contributed by atoms with Gasteiger partial charge in [0.05, 0.1) is 17.3 Å². The molecule has 1 aromatic heterocycles. The van der Waals surface area contributed by atoms with E-state index in [1.165, 1.54) is 0 Å². The van der Waals surface area contributed by atoms with Crippen LogP contribution >= 0.6 is 23.2 Å². The summed E-state index contributed by atoms with van der Waals surface area (Å²) in [7, 11) is -3.15. The van der Waals surface area contributed by atoms with E-state index in [2.05, 4.69) is 9.71 Å². The van der Waals surface area contributed by atoms with Crippen LogP contribution in [0.1, 0.15) is 12.2 Å². The number of aromatic nitrogens is 2. The summed E-state index contributed by atoms with van der Waals surface area (Å²) in [6.07, 6.45) is 2.48. The molecule has 0 spiro atoms. The van der Waals surface area contributed by atoms with Crippen molar-refractivity contribution in [2.45, 2.75) is 19.4 Å². The normalized spacial score (nSPS) is 12.1. The van der Waals surface area contributed by atoms with E-state index < -0.39 is 10.0 Å². The summed E-state index contributed by atoms with van der Waals surface area (Å²) < 4.78 is 26.6. The van der Waals surface area contributed by atoms with Gasteiger partial charge in [-0.05, 0) is 24.6 Å². The number of nitrogens with one attached hydrogen (secondary N) is 1. The van der Waals surface area contributed by atoms with Gasteiger partial charge >= 0.3 is 0 Å². The Hall–Kier alpha value is -0.820. The van der Waals surface area contributed by atoms with E-state index in [4.69, 9.17) is 23.2 Å². The number of halogens is 2. The zero-order chi connectivity index (χ0) is 15.5. The van der Waals surface area contributed by atoms with Crippen molar-refractivity contribution in [2.75, 3.05) is 18.7 Å². The molecular weight excluding hydrogens is 333 g/mol. The predicted octanol–water partition coefficient (Wildman–Crippen LogP) is 2.41. The first-order valence-electron chi connectivity index (χ1n) is 6.56. The molecule has 116 valence electrons. The van der Waals surface area contributed by atoms with Gasteiger partial charge in [-0.1, -0.05) is 11.6 Å². The number of rotatable bonds is 7. The van der Waals surface area contributed by atoms with Gasteiger partial charge in [-0.15, -0.1) is 11.6 Å². The molecule has 0 fully saturated rings. The molecule has 2 aromatic rings. The maximum atomic E-state index is 11.1. The van der Waals surface area contributed by atoms with Gasteiger partial charge in [0.25, 0.3) is 0 Å². The van der Waals surface area contributed by atoms with E-state index >= 15 is 0 Å². The fourth-order valence-electron chi connectivity index (χ4n) is 2.17. The topological polar surface area (TPSA) is 64.0 Å². The largest absolute Gasteiger partial charge is 0.328 e. The van der Waals surface area contributed by atoms with Gasteiger partial charge in [0, 0.05) is 30.4 Å². The minimum atomic E-state index is -3.15. The molecule has 21 heavy (non-hydrogen) atoms. The van der Waals surface area contributed by atoms with Crippen LogP contribution < -0.4 is 4.72 Å². The van der Waals surface area contributed by atoms with Gasteiger partial charge < -0.3 is 4.57 Å². The molecule has 0 aliphatic rings. The Morgan fingerprint density at radius 1 is 1.38 bits per heavy atom. The van der Waals surface area contributed by atoms with E-state index in [0.29, 0.717) is 36.8 Å². The molecular formula is C13H17Cl2N3O2S. The number of hydrogen-bond acceptors (Lipinski definition) is 3. The Kier molecular flexibility index (Phi) is 5.48. The van der Waals surface area contributed by atoms with Crippen molar-refractivity contribution in [3.63, 3.8) is 0 Å². The molecule has 5 nitrogen and oxygen atoms in total. The third kappa shape index (κ3) is 4.57. The van der Waals surface area contributed by atoms with E-state index in [1.807, 2.05) is 16.7 Å². The van der Waals surface area contributed by atoms with E-state index in [0.717, 1.165) is 23.1 Å². The van der Waals surface area contributed by atoms with Crippen molar-refractivity contribution in [3.8, 4) is 0 Å². The molecule has 0 atom stereocenters. The van der Waals surface area contributed by atoms with Crippen LogP contribution in [0.2, 0.25) is 5.02 Å². The van der Waals surface area contributed by atoms with Crippen LogP contribution in [0.4, 0.5) is 0 Å². The van der Waals surface area contributed by atoms with E-state index in [1.54, 1.807) is 6.07 Å². The minimum Gasteiger partial charge on any atom is -0.328 e. The second-order valence-electron chi connectivity index (χ2n) is 4.77. The first-order chi connectivity index (χ1) is 9.90. The lowest BCUT2D eigenvalue weighted by Crippen LogP contribution is -2.24. The van der Waals surface area contributed by atoms with Crippen molar-refractivity contribution in [1.29, 1.82) is 0 Å². The summed E-state index contributed by atoms with van der Waals surface area (Å²) in [5.41, 5.74) is 1.82. The molecule has 0 saturated carbocycles. The number of alkyl halides is 1. The SMILES string of the molecule is CS(=O)(=O)NCCCn1c(CCCl)nc2ccc(Cl)cc21. The van der Waals surface area contributed by atoms with Gasteiger partial charge in [0.1, 0.15) is 5.82 Å². The zero-order valence-corrected chi connectivity index (χ0v) is 14.0. The van der Waals surface area contributed by atoms with Crippen LogP contribution in [-0.2, 0) is 23.0 Å². The molecule has 1 aromatic carbocycles. The number of hydrogen-bond donors (Lipinski definition) is 1. The lowest BCUT2D eigenvalue weighted by atomic mass is 10.3. The van der Waals surface area contributed by atoms with Gasteiger partial charge in [-0.2, -0.15) is 0 Å². The van der Waals surface area contributed by atoms with Crippen molar-refractivity contribution < 1.29 is 8.42 Å². The average molecular weight is 350 g/mol. The van der Waals surface area contributed by atoms with Crippen LogP contribution in [-0.4, -0.2) is 36.6 Å². The number of imidazole rings is 1. The molecule has 8 heteroatoms. The molecule has 0 aliphatic carbocycles. The third-order valence-electron chi connectivity index (χ3n) is 3.03. The highest BCUT2D eigenvalue weighted by Crippen LogP contribution is 2.21. The summed E-state index contributed by atoms with van der Waals surface area (Å²) in [5.74, 6) is 1.38. The molecule has 0 amide bonds. The summed E-state index contributed by atoms with van der Waals surface area (Å²) in [4.78, 5) is 4.55.